The molecule has 0 aliphatic rings. The zero-order valence-corrected chi connectivity index (χ0v) is 10.8. The maximum Gasteiger partial charge on any atom is 0.0513 e. The summed E-state index contributed by atoms with van der Waals surface area (Å²) >= 11 is 0. The SMILES string of the molecule is CC(C)CCn1ccc2cccc(CCN)c21. The lowest BCUT2D eigenvalue weighted by Gasteiger charge is -2.10. The molecule has 0 spiro atoms. The fourth-order valence-electron chi connectivity index (χ4n) is 2.28. The second-order valence-electron chi connectivity index (χ2n) is 5.09. The number of aryl methyl sites for hydroxylation is 1. The third-order valence-electron chi connectivity index (χ3n) is 3.23. The molecule has 2 aromatic rings. The lowest BCUT2D eigenvalue weighted by Crippen LogP contribution is -2.06. The maximum absolute atomic E-state index is 5.68. The van der Waals surface area contributed by atoms with E-state index in [1.807, 2.05) is 0 Å². The number of hydrogen-bond donors (Lipinski definition) is 1. The van der Waals surface area contributed by atoms with Crippen molar-refractivity contribution in [1.29, 1.82) is 0 Å². The van der Waals surface area contributed by atoms with Gasteiger partial charge in [0.2, 0.25) is 0 Å². The topological polar surface area (TPSA) is 30.9 Å². The Morgan fingerprint density at radius 3 is 2.76 bits per heavy atom. The van der Waals surface area contributed by atoms with E-state index < -0.39 is 0 Å². The Labute approximate surface area is 103 Å². The van der Waals surface area contributed by atoms with Gasteiger partial charge in [-0.15, -0.1) is 0 Å². The minimum absolute atomic E-state index is 0.717. The predicted molar refractivity (Wildman–Crippen MR) is 74.2 cm³/mol. The summed E-state index contributed by atoms with van der Waals surface area (Å²) in [6.45, 7) is 6.36. The molecule has 2 heteroatoms. The molecule has 1 heterocycles. The van der Waals surface area contributed by atoms with E-state index in [0.717, 1.165) is 18.9 Å². The summed E-state index contributed by atoms with van der Waals surface area (Å²) in [4.78, 5) is 0. The molecule has 17 heavy (non-hydrogen) atoms. The summed E-state index contributed by atoms with van der Waals surface area (Å²) in [5.74, 6) is 0.745. The summed E-state index contributed by atoms with van der Waals surface area (Å²) in [6, 6.07) is 8.71. The number of fused-ring (bicyclic) bond motifs is 1. The van der Waals surface area contributed by atoms with Crippen LogP contribution in [0.1, 0.15) is 25.8 Å². The number of para-hydroxylation sites is 1. The van der Waals surface area contributed by atoms with Gasteiger partial charge in [-0.25, -0.2) is 0 Å². The van der Waals surface area contributed by atoms with Gasteiger partial charge in [0, 0.05) is 12.7 Å². The van der Waals surface area contributed by atoms with Crippen LogP contribution in [0.4, 0.5) is 0 Å². The van der Waals surface area contributed by atoms with Gasteiger partial charge in [-0.2, -0.15) is 0 Å². The van der Waals surface area contributed by atoms with E-state index in [9.17, 15) is 0 Å². The van der Waals surface area contributed by atoms with Gasteiger partial charge in [0.15, 0.2) is 0 Å². The van der Waals surface area contributed by atoms with Gasteiger partial charge in [0.25, 0.3) is 0 Å². The predicted octanol–water partition coefficient (Wildman–Crippen LogP) is 3.19. The first-order valence-electron chi connectivity index (χ1n) is 6.49. The minimum Gasteiger partial charge on any atom is -0.347 e. The van der Waals surface area contributed by atoms with Gasteiger partial charge in [-0.1, -0.05) is 32.0 Å². The van der Waals surface area contributed by atoms with E-state index in [0.29, 0.717) is 6.54 Å². The minimum atomic E-state index is 0.717. The highest BCUT2D eigenvalue weighted by atomic mass is 15.0. The average molecular weight is 230 g/mol. The molecule has 1 aromatic heterocycles. The summed E-state index contributed by atoms with van der Waals surface area (Å²) in [7, 11) is 0. The van der Waals surface area contributed by atoms with Crippen LogP contribution in [-0.4, -0.2) is 11.1 Å². The van der Waals surface area contributed by atoms with Gasteiger partial charge in [-0.3, -0.25) is 0 Å². The van der Waals surface area contributed by atoms with Gasteiger partial charge in [0.05, 0.1) is 5.52 Å². The van der Waals surface area contributed by atoms with Crippen molar-refractivity contribution in [2.45, 2.75) is 33.2 Å². The van der Waals surface area contributed by atoms with E-state index in [4.69, 9.17) is 5.73 Å². The zero-order valence-electron chi connectivity index (χ0n) is 10.8. The molecule has 0 aliphatic carbocycles. The second kappa shape index (κ2) is 5.37. The molecular weight excluding hydrogens is 208 g/mol. The van der Waals surface area contributed by atoms with Crippen molar-refractivity contribution < 1.29 is 0 Å². The van der Waals surface area contributed by atoms with Crippen molar-refractivity contribution in [1.82, 2.24) is 4.57 Å². The molecule has 0 fully saturated rings. The number of hydrogen-bond acceptors (Lipinski definition) is 1. The van der Waals surface area contributed by atoms with Crippen LogP contribution in [-0.2, 0) is 13.0 Å². The highest BCUT2D eigenvalue weighted by molar-refractivity contribution is 5.83. The van der Waals surface area contributed by atoms with Crippen LogP contribution in [0.3, 0.4) is 0 Å². The van der Waals surface area contributed by atoms with Crippen molar-refractivity contribution >= 4 is 10.9 Å². The molecule has 1 aromatic carbocycles. The molecule has 0 saturated heterocycles. The molecule has 0 radical (unpaired) electrons. The quantitative estimate of drug-likeness (QED) is 0.840. The third kappa shape index (κ3) is 2.70. The van der Waals surface area contributed by atoms with Crippen molar-refractivity contribution in [3.8, 4) is 0 Å². The fraction of sp³-hybridized carbons (Fsp3) is 0.467. The van der Waals surface area contributed by atoms with Crippen LogP contribution < -0.4 is 5.73 Å². The smallest absolute Gasteiger partial charge is 0.0513 e. The van der Waals surface area contributed by atoms with E-state index >= 15 is 0 Å². The van der Waals surface area contributed by atoms with Crippen LogP contribution >= 0.6 is 0 Å². The molecule has 0 amide bonds. The number of nitrogens with zero attached hydrogens (tertiary/aromatic N) is 1. The van der Waals surface area contributed by atoms with Crippen LogP contribution in [0.5, 0.6) is 0 Å². The zero-order chi connectivity index (χ0) is 12.3. The number of rotatable bonds is 5. The van der Waals surface area contributed by atoms with Gasteiger partial charge >= 0.3 is 0 Å². The van der Waals surface area contributed by atoms with Gasteiger partial charge in [0.1, 0.15) is 0 Å². The van der Waals surface area contributed by atoms with Crippen molar-refractivity contribution in [2.75, 3.05) is 6.54 Å². The molecule has 0 bridgehead atoms. The summed E-state index contributed by atoms with van der Waals surface area (Å²) in [5, 5.41) is 1.33. The Balaban J connectivity index is 2.35. The monoisotopic (exact) mass is 230 g/mol. The number of aromatic nitrogens is 1. The summed E-state index contributed by atoms with van der Waals surface area (Å²) in [5.41, 5.74) is 8.43. The summed E-state index contributed by atoms with van der Waals surface area (Å²) < 4.78 is 2.38. The first kappa shape index (κ1) is 12.2. The molecule has 92 valence electrons. The first-order chi connectivity index (χ1) is 8.22. The Morgan fingerprint density at radius 1 is 1.24 bits per heavy atom. The number of benzene rings is 1. The highest BCUT2D eigenvalue weighted by Crippen LogP contribution is 2.21. The lowest BCUT2D eigenvalue weighted by molar-refractivity contribution is 0.524. The second-order valence-corrected chi connectivity index (χ2v) is 5.09. The Morgan fingerprint density at radius 2 is 2.06 bits per heavy atom. The molecule has 0 unspecified atom stereocenters. The molecular formula is C15H22N2. The molecule has 2 rings (SSSR count). The Kier molecular flexibility index (Phi) is 3.85. The van der Waals surface area contributed by atoms with E-state index in [1.54, 1.807) is 0 Å². The van der Waals surface area contributed by atoms with E-state index in [2.05, 4.69) is 48.9 Å². The van der Waals surface area contributed by atoms with Crippen LogP contribution in [0.2, 0.25) is 0 Å². The largest absolute Gasteiger partial charge is 0.347 e. The standard InChI is InChI=1S/C15H22N2/c1-12(2)7-10-17-11-8-14-5-3-4-13(6-9-16)15(14)17/h3-5,8,11-12H,6-7,9-10,16H2,1-2H3. The van der Waals surface area contributed by atoms with Crippen molar-refractivity contribution in [3.63, 3.8) is 0 Å². The molecule has 2 nitrogen and oxygen atoms in total. The highest BCUT2D eigenvalue weighted by Gasteiger charge is 2.06. The Bertz CT molecular complexity index is 483. The average Bonchev–Trinajstić information content (AvgIpc) is 2.71. The van der Waals surface area contributed by atoms with Gasteiger partial charge < -0.3 is 10.3 Å². The normalized spacial score (nSPS) is 11.5. The van der Waals surface area contributed by atoms with Gasteiger partial charge in [-0.05, 0) is 42.3 Å². The van der Waals surface area contributed by atoms with Crippen molar-refractivity contribution in [2.24, 2.45) is 11.7 Å². The fourth-order valence-corrected chi connectivity index (χ4v) is 2.28. The van der Waals surface area contributed by atoms with Crippen LogP contribution in [0.15, 0.2) is 30.5 Å². The van der Waals surface area contributed by atoms with Crippen LogP contribution in [0, 0.1) is 5.92 Å². The summed E-state index contributed by atoms with van der Waals surface area (Å²) in [6.07, 6.45) is 4.39. The lowest BCUT2D eigenvalue weighted by atomic mass is 10.1. The van der Waals surface area contributed by atoms with E-state index in [-0.39, 0.29) is 0 Å². The molecule has 0 aliphatic heterocycles. The molecule has 0 saturated carbocycles. The first-order valence-corrected chi connectivity index (χ1v) is 6.49. The number of nitrogens with two attached hydrogens (primary N) is 1. The van der Waals surface area contributed by atoms with Crippen LogP contribution in [0.25, 0.3) is 10.9 Å². The van der Waals surface area contributed by atoms with E-state index in [1.165, 1.54) is 22.9 Å². The Hall–Kier alpha value is -1.28. The maximum atomic E-state index is 5.68. The third-order valence-corrected chi connectivity index (χ3v) is 3.23. The molecule has 2 N–H and O–H groups in total. The van der Waals surface area contributed by atoms with Crippen molar-refractivity contribution in [3.05, 3.63) is 36.0 Å². The molecule has 0 atom stereocenters.